The Balaban J connectivity index is 0.00000432. The number of likely N-dealkylation sites (tertiary alicyclic amines) is 1. The predicted octanol–water partition coefficient (Wildman–Crippen LogP) is 10.1. The molecule has 0 bridgehead atoms. The van der Waals surface area contributed by atoms with Crippen molar-refractivity contribution >= 4 is 45.8 Å². The molecule has 0 unspecified atom stereocenters. The van der Waals surface area contributed by atoms with Crippen LogP contribution in [0.4, 0.5) is 0 Å². The summed E-state index contributed by atoms with van der Waals surface area (Å²) in [4.78, 5) is 28.7. The van der Waals surface area contributed by atoms with Crippen molar-refractivity contribution in [2.75, 3.05) is 26.2 Å². The number of nitrogens with zero attached hydrogens (tertiary/aromatic N) is 1. The van der Waals surface area contributed by atoms with Gasteiger partial charge in [0.05, 0.1) is 16.0 Å². The third-order valence-corrected chi connectivity index (χ3v) is 9.52. The molecule has 0 aliphatic carbocycles. The van der Waals surface area contributed by atoms with Crippen LogP contribution in [0.2, 0.25) is 0 Å². The lowest BCUT2D eigenvalue weighted by Crippen LogP contribution is -2.33. The van der Waals surface area contributed by atoms with Crippen LogP contribution in [0, 0.1) is 0 Å². The molecule has 0 N–H and O–H groups in total. The van der Waals surface area contributed by atoms with Crippen LogP contribution in [-0.4, -0.2) is 43.1 Å². The first-order valence-corrected chi connectivity index (χ1v) is 17.3. The molecule has 0 spiro atoms. The first kappa shape index (κ1) is 34.7. The fourth-order valence-electron chi connectivity index (χ4n) is 5.76. The van der Waals surface area contributed by atoms with Gasteiger partial charge in [-0.2, -0.15) is 0 Å². The quantitative estimate of drug-likeness (QED) is 0.0981. The van der Waals surface area contributed by atoms with E-state index in [-0.39, 0.29) is 12.4 Å². The maximum absolute atomic E-state index is 12.8. The summed E-state index contributed by atoms with van der Waals surface area (Å²) in [5.74, 6) is 2.17. The molecule has 1 fully saturated rings. The molecule has 7 rings (SSSR count). The maximum atomic E-state index is 12.8. The second kappa shape index (κ2) is 16.5. The zero-order valence-electron chi connectivity index (χ0n) is 27.3. The first-order valence-electron chi connectivity index (χ1n) is 16.4. The van der Waals surface area contributed by atoms with Gasteiger partial charge in [-0.3, -0.25) is 4.90 Å². The SMILES string of the molecule is Cl.O=C(Oc1ccc(-c2sc3cc(OC(=O)c4ccccc4)ccc3c2Oc2ccc(OCCN3CCCCC3)cc2)cc1)c1ccccc1. The molecule has 50 heavy (non-hydrogen) atoms. The van der Waals surface area contributed by atoms with Gasteiger partial charge >= 0.3 is 11.9 Å². The van der Waals surface area contributed by atoms with Crippen LogP contribution in [0.5, 0.6) is 28.7 Å². The zero-order valence-corrected chi connectivity index (χ0v) is 28.9. The largest absolute Gasteiger partial charge is 0.492 e. The fraction of sp³-hybridized carbons (Fsp3) is 0.171. The molecule has 1 aromatic heterocycles. The minimum Gasteiger partial charge on any atom is -0.492 e. The molecule has 9 heteroatoms. The van der Waals surface area contributed by atoms with Crippen LogP contribution in [0.1, 0.15) is 40.0 Å². The summed E-state index contributed by atoms with van der Waals surface area (Å²) in [6.07, 6.45) is 3.84. The number of carbonyl (C=O) groups excluding carboxylic acids is 2. The molecule has 0 saturated carbocycles. The van der Waals surface area contributed by atoms with E-state index in [1.54, 1.807) is 66.7 Å². The van der Waals surface area contributed by atoms with Gasteiger partial charge in [0.1, 0.15) is 29.6 Å². The standard InChI is InChI=1S/C41H35NO6S.ClH/c43-40(30-10-4-1-5-11-30)47-34-16-14-29(15-17-34)39-38(46-33-20-18-32(19-21-33)45-27-26-42-24-8-3-9-25-42)36-23-22-35(28-37(36)49-39)48-41(44)31-12-6-2-7-13-31;/h1-2,4-7,10-23,28H,3,8-9,24-27H2;1H. The highest BCUT2D eigenvalue weighted by atomic mass is 35.5. The van der Waals surface area contributed by atoms with Crippen molar-refractivity contribution in [3.05, 3.63) is 139 Å². The van der Waals surface area contributed by atoms with E-state index >= 15 is 0 Å². The summed E-state index contributed by atoms with van der Waals surface area (Å²) in [7, 11) is 0. The first-order chi connectivity index (χ1) is 24.1. The van der Waals surface area contributed by atoms with E-state index in [0.717, 1.165) is 45.9 Å². The number of hydrogen-bond donors (Lipinski definition) is 0. The van der Waals surface area contributed by atoms with Crippen LogP contribution in [-0.2, 0) is 0 Å². The van der Waals surface area contributed by atoms with Gasteiger partial charge in [-0.15, -0.1) is 23.7 Å². The number of hydrogen-bond acceptors (Lipinski definition) is 8. The van der Waals surface area contributed by atoms with Crippen molar-refractivity contribution in [1.82, 2.24) is 4.90 Å². The summed E-state index contributed by atoms with van der Waals surface area (Å²) < 4.78 is 24.8. The molecule has 1 aliphatic heterocycles. The Morgan fingerprint density at radius 1 is 0.620 bits per heavy atom. The molecule has 1 saturated heterocycles. The van der Waals surface area contributed by atoms with Gasteiger partial charge in [0, 0.05) is 16.6 Å². The van der Waals surface area contributed by atoms with Gasteiger partial charge in [0.2, 0.25) is 0 Å². The smallest absolute Gasteiger partial charge is 0.343 e. The van der Waals surface area contributed by atoms with Gasteiger partial charge in [0.25, 0.3) is 0 Å². The van der Waals surface area contributed by atoms with Crippen molar-refractivity contribution in [2.45, 2.75) is 19.3 Å². The molecule has 254 valence electrons. The number of benzene rings is 5. The molecule has 1 aliphatic rings. The molecule has 0 atom stereocenters. The molecule has 7 nitrogen and oxygen atoms in total. The van der Waals surface area contributed by atoms with Crippen LogP contribution in [0.25, 0.3) is 20.5 Å². The highest BCUT2D eigenvalue weighted by Gasteiger charge is 2.19. The van der Waals surface area contributed by atoms with Gasteiger partial charge in [-0.25, -0.2) is 9.59 Å². The summed E-state index contributed by atoms with van der Waals surface area (Å²) in [6.45, 7) is 3.86. The molecule has 0 amide bonds. The van der Waals surface area contributed by atoms with Crippen molar-refractivity contribution < 1.29 is 28.5 Å². The average molecular weight is 706 g/mol. The maximum Gasteiger partial charge on any atom is 0.343 e. The van der Waals surface area contributed by atoms with Crippen molar-refractivity contribution in [3.63, 3.8) is 0 Å². The second-order valence-corrected chi connectivity index (χ2v) is 12.8. The van der Waals surface area contributed by atoms with E-state index in [1.807, 2.05) is 60.7 Å². The summed E-state index contributed by atoms with van der Waals surface area (Å²) >= 11 is 1.52. The summed E-state index contributed by atoms with van der Waals surface area (Å²) in [5, 5.41) is 0.876. The molecule has 0 radical (unpaired) electrons. The van der Waals surface area contributed by atoms with Gasteiger partial charge in [-0.05, 0) is 122 Å². The van der Waals surface area contributed by atoms with Gasteiger partial charge in [0.15, 0.2) is 5.75 Å². The van der Waals surface area contributed by atoms with Crippen molar-refractivity contribution in [3.8, 4) is 39.2 Å². The highest BCUT2D eigenvalue weighted by Crippen LogP contribution is 2.47. The topological polar surface area (TPSA) is 74.3 Å². The lowest BCUT2D eigenvalue weighted by molar-refractivity contribution is 0.0725. The van der Waals surface area contributed by atoms with E-state index in [4.69, 9.17) is 18.9 Å². The molecule has 6 aromatic rings. The Morgan fingerprint density at radius 2 is 1.18 bits per heavy atom. The van der Waals surface area contributed by atoms with Crippen molar-refractivity contribution in [1.29, 1.82) is 0 Å². The van der Waals surface area contributed by atoms with E-state index < -0.39 is 11.9 Å². The number of ether oxygens (including phenoxy) is 4. The third kappa shape index (κ3) is 8.52. The lowest BCUT2D eigenvalue weighted by atomic mass is 10.1. The molecule has 5 aromatic carbocycles. The number of fused-ring (bicyclic) bond motifs is 1. The minimum absolute atomic E-state index is 0. The Hall–Kier alpha value is -5.15. The van der Waals surface area contributed by atoms with E-state index in [0.29, 0.717) is 40.7 Å². The van der Waals surface area contributed by atoms with Crippen molar-refractivity contribution in [2.24, 2.45) is 0 Å². The van der Waals surface area contributed by atoms with Crippen LogP contribution < -0.4 is 18.9 Å². The number of piperidine rings is 1. The van der Waals surface area contributed by atoms with Crippen LogP contribution >= 0.6 is 23.7 Å². The minimum atomic E-state index is -0.424. The summed E-state index contributed by atoms with van der Waals surface area (Å²) in [5.41, 5.74) is 1.84. The lowest BCUT2D eigenvalue weighted by Gasteiger charge is -2.26. The Labute approximate surface area is 301 Å². The number of rotatable bonds is 11. The predicted molar refractivity (Wildman–Crippen MR) is 200 cm³/mol. The Morgan fingerprint density at radius 3 is 1.82 bits per heavy atom. The summed E-state index contributed by atoms with van der Waals surface area (Å²) in [6, 6.07) is 38.4. The monoisotopic (exact) mass is 705 g/mol. The highest BCUT2D eigenvalue weighted by molar-refractivity contribution is 7.22. The van der Waals surface area contributed by atoms with Gasteiger partial charge in [-0.1, -0.05) is 42.8 Å². The normalized spacial score (nSPS) is 12.9. The van der Waals surface area contributed by atoms with E-state index in [2.05, 4.69) is 4.90 Å². The third-order valence-electron chi connectivity index (χ3n) is 8.34. The molecular weight excluding hydrogens is 670 g/mol. The van der Waals surface area contributed by atoms with E-state index in [1.165, 1.54) is 30.6 Å². The fourth-order valence-corrected chi connectivity index (χ4v) is 6.92. The number of thiophene rings is 1. The average Bonchev–Trinajstić information content (AvgIpc) is 3.51. The van der Waals surface area contributed by atoms with E-state index in [9.17, 15) is 9.59 Å². The second-order valence-electron chi connectivity index (χ2n) is 11.8. The Bertz CT molecular complexity index is 2030. The zero-order chi connectivity index (χ0) is 33.4. The number of esters is 2. The number of halogens is 1. The Kier molecular flexibility index (Phi) is 11.5. The molecular formula is C41H36ClNO6S. The van der Waals surface area contributed by atoms with Crippen LogP contribution in [0.3, 0.4) is 0 Å². The molecule has 2 heterocycles. The van der Waals surface area contributed by atoms with Gasteiger partial charge < -0.3 is 18.9 Å². The number of carbonyl (C=O) groups is 2. The van der Waals surface area contributed by atoms with Crippen LogP contribution in [0.15, 0.2) is 127 Å².